The first-order valence-corrected chi connectivity index (χ1v) is 10.5. The fraction of sp³-hybridized carbons (Fsp3) is 0.864. The van der Waals surface area contributed by atoms with Gasteiger partial charge in [-0.1, -0.05) is 25.5 Å². The highest BCUT2D eigenvalue weighted by molar-refractivity contribution is 5.65. The Bertz CT molecular complexity index is 674. The molecule has 0 saturated heterocycles. The van der Waals surface area contributed by atoms with E-state index in [4.69, 9.17) is 4.74 Å². The van der Waals surface area contributed by atoms with Crippen molar-refractivity contribution in [2.45, 2.75) is 77.4 Å². The average Bonchev–Trinajstić information content (AvgIpc) is 2.98. The smallest absolute Gasteiger partial charge is 0.302 e. The Morgan fingerprint density at radius 2 is 2.04 bits per heavy atom. The second kappa shape index (κ2) is 6.04. The lowest BCUT2D eigenvalue weighted by Crippen LogP contribution is -2.61. The van der Waals surface area contributed by atoms with Gasteiger partial charge in [0.25, 0.3) is 0 Å². The van der Waals surface area contributed by atoms with Crippen LogP contribution in [-0.4, -0.2) is 46.2 Å². The molecule has 27 heavy (non-hydrogen) atoms. The molecule has 0 aromatic heterocycles. The number of fused-ring (bicyclic) bond motifs is 2. The molecule has 7 atom stereocenters. The molecule has 4 aliphatic rings. The summed E-state index contributed by atoms with van der Waals surface area (Å²) in [6, 6.07) is 0. The standard InChI is InChI=1S/C22H34O5/c1-14(24)27-13-19(2)17-5-4-15-10-16-11-21(15,8-9-22(16,26)12-23)20(17,3)7-6-18(19)25/h4,16-18,23,25-26H,5-13H2,1-3H3/t16-,17+,18-,19+,20+,21+,22+/m1/s1. The first kappa shape index (κ1) is 19.4. The summed E-state index contributed by atoms with van der Waals surface area (Å²) in [4.78, 5) is 11.5. The summed E-state index contributed by atoms with van der Waals surface area (Å²) in [6.45, 7) is 5.97. The molecular weight excluding hydrogens is 344 g/mol. The van der Waals surface area contributed by atoms with E-state index >= 15 is 0 Å². The van der Waals surface area contributed by atoms with Crippen molar-refractivity contribution in [1.82, 2.24) is 0 Å². The lowest BCUT2D eigenvalue weighted by atomic mass is 9.41. The van der Waals surface area contributed by atoms with Crippen LogP contribution in [0, 0.1) is 28.1 Å². The number of carbonyl (C=O) groups is 1. The highest BCUT2D eigenvalue weighted by Gasteiger charge is 2.68. The van der Waals surface area contributed by atoms with Crippen molar-refractivity contribution in [2.24, 2.45) is 28.1 Å². The second-order valence-electron chi connectivity index (χ2n) is 10.2. The van der Waals surface area contributed by atoms with Gasteiger partial charge in [0.2, 0.25) is 0 Å². The minimum Gasteiger partial charge on any atom is -0.465 e. The van der Waals surface area contributed by atoms with E-state index in [2.05, 4.69) is 19.9 Å². The van der Waals surface area contributed by atoms with Crippen LogP contribution in [0.5, 0.6) is 0 Å². The second-order valence-corrected chi connectivity index (χ2v) is 10.2. The van der Waals surface area contributed by atoms with Crippen molar-refractivity contribution in [1.29, 1.82) is 0 Å². The average molecular weight is 379 g/mol. The Labute approximate surface area is 161 Å². The molecule has 3 N–H and O–H groups in total. The summed E-state index contributed by atoms with van der Waals surface area (Å²) < 4.78 is 5.42. The van der Waals surface area contributed by atoms with Crippen LogP contribution >= 0.6 is 0 Å². The molecule has 152 valence electrons. The van der Waals surface area contributed by atoms with Gasteiger partial charge in [-0.05, 0) is 67.6 Å². The summed E-state index contributed by atoms with van der Waals surface area (Å²) in [7, 11) is 0. The summed E-state index contributed by atoms with van der Waals surface area (Å²) in [6.07, 6.45) is 7.75. The molecule has 0 heterocycles. The molecular formula is C22H34O5. The van der Waals surface area contributed by atoms with E-state index in [0.717, 1.165) is 32.1 Å². The van der Waals surface area contributed by atoms with Crippen LogP contribution in [0.2, 0.25) is 0 Å². The topological polar surface area (TPSA) is 87.0 Å². The Balaban J connectivity index is 1.72. The maximum absolute atomic E-state index is 11.5. The fourth-order valence-electron chi connectivity index (χ4n) is 7.45. The number of carbonyl (C=O) groups excluding carboxylic acids is 1. The van der Waals surface area contributed by atoms with Crippen molar-refractivity contribution < 1.29 is 24.9 Å². The lowest BCUT2D eigenvalue weighted by molar-refractivity contribution is -0.192. The minimum atomic E-state index is -0.954. The maximum atomic E-state index is 11.5. The third kappa shape index (κ3) is 2.44. The third-order valence-electron chi connectivity index (χ3n) is 9.24. The highest BCUT2D eigenvalue weighted by Crippen LogP contribution is 2.73. The summed E-state index contributed by atoms with van der Waals surface area (Å²) in [5, 5.41) is 31.6. The third-order valence-corrected chi connectivity index (χ3v) is 9.24. The predicted octanol–water partition coefficient (Wildman–Crippen LogP) is 2.58. The number of esters is 1. The first-order valence-electron chi connectivity index (χ1n) is 10.5. The quantitative estimate of drug-likeness (QED) is 0.519. The number of hydrogen-bond acceptors (Lipinski definition) is 5. The SMILES string of the molecule is CC(=O)OC[C@]1(C)[C@H](O)CC[C@@]2(C)[C@H]1CC=C1C[C@@H]3C[C@@]12CC[C@]3(O)CO. The van der Waals surface area contributed by atoms with E-state index in [9.17, 15) is 20.1 Å². The Kier molecular flexibility index (Phi) is 4.34. The molecule has 0 unspecified atom stereocenters. The molecule has 4 aliphatic carbocycles. The van der Waals surface area contributed by atoms with Gasteiger partial charge in [0.05, 0.1) is 24.9 Å². The molecule has 0 aliphatic heterocycles. The van der Waals surface area contributed by atoms with Gasteiger partial charge >= 0.3 is 5.97 Å². The van der Waals surface area contributed by atoms with E-state index in [1.807, 2.05) is 0 Å². The molecule has 0 aromatic rings. The van der Waals surface area contributed by atoms with Crippen LogP contribution in [0.4, 0.5) is 0 Å². The molecule has 0 radical (unpaired) electrons. The molecule has 3 fully saturated rings. The highest BCUT2D eigenvalue weighted by atomic mass is 16.5. The van der Waals surface area contributed by atoms with Gasteiger partial charge in [0, 0.05) is 12.3 Å². The predicted molar refractivity (Wildman–Crippen MR) is 101 cm³/mol. The van der Waals surface area contributed by atoms with E-state index < -0.39 is 17.1 Å². The van der Waals surface area contributed by atoms with Gasteiger partial charge in [-0.15, -0.1) is 0 Å². The van der Waals surface area contributed by atoms with E-state index in [1.165, 1.54) is 12.5 Å². The molecule has 5 heteroatoms. The van der Waals surface area contributed by atoms with Crippen molar-refractivity contribution in [2.75, 3.05) is 13.2 Å². The van der Waals surface area contributed by atoms with Crippen molar-refractivity contribution in [3.8, 4) is 0 Å². The fourth-order valence-corrected chi connectivity index (χ4v) is 7.45. The van der Waals surface area contributed by atoms with Gasteiger partial charge in [0.15, 0.2) is 0 Å². The van der Waals surface area contributed by atoms with Crippen LogP contribution in [0.3, 0.4) is 0 Å². The minimum absolute atomic E-state index is 0.0107. The number of allylic oxidation sites excluding steroid dienone is 2. The van der Waals surface area contributed by atoms with Crippen LogP contribution in [0.25, 0.3) is 0 Å². The normalized spacial score (nSPS) is 51.2. The largest absolute Gasteiger partial charge is 0.465 e. The summed E-state index contributed by atoms with van der Waals surface area (Å²) in [5.41, 5.74) is 0.0981. The Hall–Kier alpha value is -0.910. The maximum Gasteiger partial charge on any atom is 0.302 e. The molecule has 0 amide bonds. The molecule has 4 rings (SSSR count). The summed E-state index contributed by atoms with van der Waals surface area (Å²) in [5.74, 6) is 0.0492. The van der Waals surface area contributed by atoms with Crippen LogP contribution in [-0.2, 0) is 9.53 Å². The van der Waals surface area contributed by atoms with E-state index in [1.54, 1.807) is 0 Å². The van der Waals surface area contributed by atoms with Gasteiger partial charge in [-0.2, -0.15) is 0 Å². The zero-order valence-electron chi connectivity index (χ0n) is 16.8. The number of aliphatic hydroxyl groups is 3. The van der Waals surface area contributed by atoms with Crippen molar-refractivity contribution in [3.05, 3.63) is 11.6 Å². The molecule has 0 aromatic carbocycles. The van der Waals surface area contributed by atoms with Crippen LogP contribution in [0.1, 0.15) is 65.7 Å². The number of aliphatic hydroxyl groups excluding tert-OH is 2. The molecule has 2 bridgehead atoms. The Morgan fingerprint density at radius 3 is 2.70 bits per heavy atom. The number of rotatable bonds is 3. The first-order chi connectivity index (χ1) is 12.6. The summed E-state index contributed by atoms with van der Waals surface area (Å²) >= 11 is 0. The zero-order valence-corrected chi connectivity index (χ0v) is 16.8. The molecule has 1 spiro atoms. The van der Waals surface area contributed by atoms with Crippen molar-refractivity contribution >= 4 is 5.97 Å². The van der Waals surface area contributed by atoms with Crippen LogP contribution < -0.4 is 0 Å². The lowest BCUT2D eigenvalue weighted by Gasteiger charge is -2.64. The van der Waals surface area contributed by atoms with Crippen LogP contribution in [0.15, 0.2) is 11.6 Å². The van der Waals surface area contributed by atoms with E-state index in [-0.39, 0.29) is 41.8 Å². The molecule has 5 nitrogen and oxygen atoms in total. The van der Waals surface area contributed by atoms with Gasteiger partial charge in [0.1, 0.15) is 0 Å². The van der Waals surface area contributed by atoms with Crippen molar-refractivity contribution in [3.63, 3.8) is 0 Å². The number of ether oxygens (including phenoxy) is 1. The number of hydrogen-bond donors (Lipinski definition) is 3. The molecule has 3 saturated carbocycles. The zero-order chi connectivity index (χ0) is 19.7. The monoisotopic (exact) mass is 378 g/mol. The van der Waals surface area contributed by atoms with Gasteiger partial charge < -0.3 is 20.1 Å². The van der Waals surface area contributed by atoms with E-state index in [0.29, 0.717) is 12.8 Å². The van der Waals surface area contributed by atoms with Gasteiger partial charge in [-0.25, -0.2) is 0 Å². The van der Waals surface area contributed by atoms with Gasteiger partial charge in [-0.3, -0.25) is 4.79 Å². The Morgan fingerprint density at radius 1 is 1.30 bits per heavy atom.